The zero-order chi connectivity index (χ0) is 11.5. The van der Waals surface area contributed by atoms with Crippen LogP contribution in [0, 0.1) is 0 Å². The van der Waals surface area contributed by atoms with Crippen molar-refractivity contribution in [1.29, 1.82) is 0 Å². The molecule has 0 aliphatic rings. The number of carbonyl (C=O) groups excluding carboxylic acids is 3. The van der Waals surface area contributed by atoms with E-state index in [1.807, 2.05) is 0 Å². The van der Waals surface area contributed by atoms with Crippen molar-refractivity contribution in [2.75, 3.05) is 0 Å². The summed E-state index contributed by atoms with van der Waals surface area (Å²) in [6.45, 7) is 0. The molecule has 0 heterocycles. The standard InChI is InChI=1S/C6H8O8.3K/c7-2(8)1-6(14,5(12)13)3(9)4(10)11;;;/h3,9,14H,1H2,(H,7,8)(H,10,11)(H,12,13);;;/q;3*+1/p-3/t3-,6-;;;/m1.../s1. The molecule has 0 bridgehead atoms. The predicted octanol–water partition coefficient (Wildman–Crippen LogP) is -15.3. The number of hydrogen-bond acceptors (Lipinski definition) is 8. The molecule has 2 atom stereocenters. The third-order valence-corrected chi connectivity index (χ3v) is 1.44. The van der Waals surface area contributed by atoms with Crippen LogP contribution in [0.3, 0.4) is 0 Å². The summed E-state index contributed by atoms with van der Waals surface area (Å²) in [6, 6.07) is 0. The van der Waals surface area contributed by atoms with Crippen molar-refractivity contribution in [2.45, 2.75) is 18.1 Å². The van der Waals surface area contributed by atoms with Crippen LogP contribution in [-0.4, -0.2) is 39.8 Å². The van der Waals surface area contributed by atoms with E-state index in [1.54, 1.807) is 0 Å². The van der Waals surface area contributed by atoms with E-state index in [2.05, 4.69) is 0 Å². The van der Waals surface area contributed by atoms with E-state index < -0.39 is 36.0 Å². The topological polar surface area (TPSA) is 161 Å². The Bertz CT molecular complexity index is 282. The third kappa shape index (κ3) is 9.73. The summed E-state index contributed by atoms with van der Waals surface area (Å²) in [7, 11) is 0. The molecule has 0 aromatic carbocycles. The van der Waals surface area contributed by atoms with Gasteiger partial charge >= 0.3 is 154 Å². The van der Waals surface area contributed by atoms with Crippen molar-refractivity contribution in [1.82, 2.24) is 0 Å². The van der Waals surface area contributed by atoms with Gasteiger partial charge in [0.25, 0.3) is 0 Å². The van der Waals surface area contributed by atoms with Crippen LogP contribution in [0.5, 0.6) is 0 Å². The summed E-state index contributed by atoms with van der Waals surface area (Å²) in [5.41, 5.74) is -3.46. The molecule has 80 valence electrons. The molecule has 2 N–H and O–H groups in total. The number of rotatable bonds is 5. The van der Waals surface area contributed by atoms with Gasteiger partial charge in [-0.3, -0.25) is 0 Å². The van der Waals surface area contributed by atoms with Crippen LogP contribution < -0.4 is 169 Å². The second-order valence-corrected chi connectivity index (χ2v) is 2.48. The Morgan fingerprint density at radius 2 is 1.41 bits per heavy atom. The van der Waals surface area contributed by atoms with Crippen molar-refractivity contribution >= 4 is 17.9 Å². The Morgan fingerprint density at radius 1 is 1.06 bits per heavy atom. The van der Waals surface area contributed by atoms with Gasteiger partial charge in [0.2, 0.25) is 0 Å². The first-order chi connectivity index (χ1) is 6.21. The Balaban J connectivity index is -0.000000282. The first-order valence-corrected chi connectivity index (χ1v) is 3.24. The minimum Gasteiger partial charge on any atom is -0.550 e. The maximum absolute atomic E-state index is 10.2. The average Bonchev–Trinajstić information content (AvgIpc) is 2.00. The zero-order valence-electron chi connectivity index (χ0n) is 9.63. The van der Waals surface area contributed by atoms with Crippen molar-refractivity contribution in [3.63, 3.8) is 0 Å². The zero-order valence-corrected chi connectivity index (χ0v) is 19.0. The van der Waals surface area contributed by atoms with Gasteiger partial charge in [-0.1, -0.05) is 0 Å². The summed E-state index contributed by atoms with van der Waals surface area (Å²) in [5, 5.41) is 47.8. The minimum atomic E-state index is -3.46. The SMILES string of the molecule is O=C([O-])C[C@](O)(C(=O)[O-])[C@H](O)C(=O)[O-].[K+].[K+].[K+]. The molecule has 0 aromatic rings. The Labute approximate surface area is 224 Å². The fourth-order valence-corrected chi connectivity index (χ4v) is 0.695. The Hall–Kier alpha value is 3.24. The number of aliphatic hydroxyl groups is 2. The van der Waals surface area contributed by atoms with Crippen LogP contribution in [0.25, 0.3) is 0 Å². The van der Waals surface area contributed by atoms with Gasteiger partial charge in [0.05, 0.1) is 11.9 Å². The summed E-state index contributed by atoms with van der Waals surface area (Å²) in [4.78, 5) is 30.2. The molecular weight excluding hydrogens is 317 g/mol. The monoisotopic (exact) mass is 322 g/mol. The molecule has 0 aliphatic carbocycles. The molecule has 0 rings (SSSR count). The van der Waals surface area contributed by atoms with Crippen LogP contribution in [-0.2, 0) is 14.4 Å². The van der Waals surface area contributed by atoms with E-state index in [1.165, 1.54) is 0 Å². The van der Waals surface area contributed by atoms with Crippen LogP contribution in [0.4, 0.5) is 0 Å². The first-order valence-electron chi connectivity index (χ1n) is 3.24. The Kier molecular flexibility index (Phi) is 21.6. The largest absolute Gasteiger partial charge is 1.00 e. The van der Waals surface area contributed by atoms with E-state index in [0.29, 0.717) is 0 Å². The quantitative estimate of drug-likeness (QED) is 0.471. The second kappa shape index (κ2) is 12.9. The average molecular weight is 322 g/mol. The third-order valence-electron chi connectivity index (χ3n) is 1.44. The fourth-order valence-electron chi connectivity index (χ4n) is 0.695. The van der Waals surface area contributed by atoms with Gasteiger partial charge in [0, 0.05) is 12.4 Å². The number of aliphatic hydroxyl groups excluding tert-OH is 1. The molecule has 17 heavy (non-hydrogen) atoms. The smallest absolute Gasteiger partial charge is 0.550 e. The van der Waals surface area contributed by atoms with Gasteiger partial charge in [0.15, 0.2) is 0 Å². The summed E-state index contributed by atoms with van der Waals surface area (Å²) >= 11 is 0. The molecule has 0 radical (unpaired) electrons. The molecule has 0 amide bonds. The minimum absolute atomic E-state index is 0. The number of aliphatic carboxylic acids is 3. The predicted molar refractivity (Wildman–Crippen MR) is 30.6 cm³/mol. The maximum Gasteiger partial charge on any atom is 1.00 e. The molecular formula is C6H5K3O8. The fraction of sp³-hybridized carbons (Fsp3) is 0.500. The molecule has 8 nitrogen and oxygen atoms in total. The van der Waals surface area contributed by atoms with Gasteiger partial charge < -0.3 is 39.9 Å². The second-order valence-electron chi connectivity index (χ2n) is 2.48. The van der Waals surface area contributed by atoms with Crippen LogP contribution in [0.2, 0.25) is 0 Å². The van der Waals surface area contributed by atoms with Gasteiger partial charge in [-0.15, -0.1) is 0 Å². The molecule has 0 unspecified atom stereocenters. The molecule has 0 saturated heterocycles. The van der Waals surface area contributed by atoms with Gasteiger partial charge in [-0.25, -0.2) is 0 Å². The molecule has 0 fully saturated rings. The van der Waals surface area contributed by atoms with Crippen molar-refractivity contribution in [3.05, 3.63) is 0 Å². The van der Waals surface area contributed by atoms with Gasteiger partial charge in [-0.05, 0) is 0 Å². The van der Waals surface area contributed by atoms with E-state index in [4.69, 9.17) is 10.2 Å². The Morgan fingerprint density at radius 3 is 1.59 bits per heavy atom. The number of hydrogen-bond donors (Lipinski definition) is 2. The molecule has 0 aromatic heterocycles. The van der Waals surface area contributed by atoms with Gasteiger partial charge in [-0.2, -0.15) is 0 Å². The van der Waals surface area contributed by atoms with Crippen LogP contribution in [0.15, 0.2) is 0 Å². The van der Waals surface area contributed by atoms with Crippen molar-refractivity contribution < 1.29 is 194 Å². The molecule has 0 saturated carbocycles. The normalized spacial score (nSPS) is 13.8. The maximum atomic E-state index is 10.2. The van der Waals surface area contributed by atoms with E-state index in [0.717, 1.165) is 0 Å². The summed E-state index contributed by atoms with van der Waals surface area (Å²) in [5.74, 6) is -6.84. The van der Waals surface area contributed by atoms with E-state index >= 15 is 0 Å². The van der Waals surface area contributed by atoms with Crippen molar-refractivity contribution in [3.8, 4) is 0 Å². The van der Waals surface area contributed by atoms with Crippen LogP contribution >= 0.6 is 0 Å². The molecule has 11 heteroatoms. The van der Waals surface area contributed by atoms with Crippen molar-refractivity contribution in [2.24, 2.45) is 0 Å². The summed E-state index contributed by atoms with van der Waals surface area (Å²) in [6.07, 6.45) is -4.53. The van der Waals surface area contributed by atoms with E-state index in [9.17, 15) is 29.7 Å². The van der Waals surface area contributed by atoms with Gasteiger partial charge in [0.1, 0.15) is 11.7 Å². The molecule has 0 aliphatic heterocycles. The number of carboxylic acid groups (broad SMARTS) is 3. The van der Waals surface area contributed by atoms with Crippen LogP contribution in [0.1, 0.15) is 6.42 Å². The molecule has 0 spiro atoms. The van der Waals surface area contributed by atoms with E-state index in [-0.39, 0.29) is 154 Å². The summed E-state index contributed by atoms with van der Waals surface area (Å²) < 4.78 is 0. The first kappa shape index (κ1) is 28.4. The number of carbonyl (C=O) groups is 3. The number of carboxylic acids is 3.